The van der Waals surface area contributed by atoms with E-state index in [9.17, 15) is 4.79 Å². The molecule has 1 amide bonds. The van der Waals surface area contributed by atoms with Crippen molar-refractivity contribution < 1.29 is 9.90 Å². The van der Waals surface area contributed by atoms with Crippen LogP contribution in [0.4, 0.5) is 0 Å². The zero-order valence-electron chi connectivity index (χ0n) is 8.49. The van der Waals surface area contributed by atoms with Gasteiger partial charge in [0.1, 0.15) is 0 Å². The molecular formula is C10H19NO2. The fourth-order valence-corrected chi connectivity index (χ4v) is 1.82. The minimum atomic E-state index is 0.0891. The highest BCUT2D eigenvalue weighted by Crippen LogP contribution is 2.18. The number of likely N-dealkylation sites (tertiary alicyclic amines) is 1. The molecular weight excluding hydrogens is 166 g/mol. The Hall–Kier alpha value is -0.570. The van der Waals surface area contributed by atoms with Crippen LogP contribution in [0.3, 0.4) is 0 Å². The Morgan fingerprint density at radius 1 is 1.62 bits per heavy atom. The molecule has 1 N–H and O–H groups in total. The summed E-state index contributed by atoms with van der Waals surface area (Å²) < 4.78 is 0. The zero-order chi connectivity index (χ0) is 9.84. The van der Waals surface area contributed by atoms with Crippen molar-refractivity contribution in [3.8, 4) is 0 Å². The first-order valence-electron chi connectivity index (χ1n) is 5.05. The lowest BCUT2D eigenvalue weighted by molar-refractivity contribution is -0.133. The molecule has 1 aliphatic heterocycles. The van der Waals surface area contributed by atoms with Gasteiger partial charge in [-0.05, 0) is 18.8 Å². The summed E-state index contributed by atoms with van der Waals surface area (Å²) in [4.78, 5) is 13.5. The van der Waals surface area contributed by atoms with Crippen LogP contribution in [0.2, 0.25) is 0 Å². The largest absolute Gasteiger partial charge is 0.394 e. The maximum absolute atomic E-state index is 11.6. The Morgan fingerprint density at radius 2 is 2.31 bits per heavy atom. The number of aliphatic hydroxyl groups is 1. The summed E-state index contributed by atoms with van der Waals surface area (Å²) in [5.41, 5.74) is 0. The van der Waals surface area contributed by atoms with Gasteiger partial charge in [-0.15, -0.1) is 0 Å². The summed E-state index contributed by atoms with van der Waals surface area (Å²) >= 11 is 0. The van der Waals surface area contributed by atoms with E-state index < -0.39 is 0 Å². The maximum atomic E-state index is 11.6. The number of hydrogen-bond acceptors (Lipinski definition) is 2. The van der Waals surface area contributed by atoms with E-state index in [0.29, 0.717) is 12.3 Å². The second-order valence-corrected chi connectivity index (χ2v) is 4.16. The smallest absolute Gasteiger partial charge is 0.223 e. The molecule has 0 bridgehead atoms. The van der Waals surface area contributed by atoms with Crippen LogP contribution < -0.4 is 0 Å². The van der Waals surface area contributed by atoms with Crippen LogP contribution in [0.1, 0.15) is 33.1 Å². The van der Waals surface area contributed by atoms with Crippen LogP contribution in [0.15, 0.2) is 0 Å². The molecule has 1 heterocycles. The molecule has 1 aliphatic rings. The van der Waals surface area contributed by atoms with Gasteiger partial charge in [0.25, 0.3) is 0 Å². The number of carbonyl (C=O) groups excluding carboxylic acids is 1. The third kappa shape index (κ3) is 2.69. The van der Waals surface area contributed by atoms with Gasteiger partial charge in [0.05, 0.1) is 12.6 Å². The van der Waals surface area contributed by atoms with E-state index >= 15 is 0 Å². The Labute approximate surface area is 79.7 Å². The lowest BCUT2D eigenvalue weighted by Gasteiger charge is -2.23. The Balaban J connectivity index is 2.45. The first kappa shape index (κ1) is 10.5. The van der Waals surface area contributed by atoms with Gasteiger partial charge in [0, 0.05) is 13.0 Å². The van der Waals surface area contributed by atoms with E-state index in [0.717, 1.165) is 19.4 Å². The number of rotatable bonds is 3. The summed E-state index contributed by atoms with van der Waals surface area (Å²) in [6.07, 6.45) is 2.60. The molecule has 0 unspecified atom stereocenters. The number of hydrogen-bond donors (Lipinski definition) is 1. The predicted octanol–water partition coefficient (Wildman–Crippen LogP) is 1.02. The Bertz CT molecular complexity index is 180. The van der Waals surface area contributed by atoms with Gasteiger partial charge in [-0.2, -0.15) is 0 Å². The molecule has 0 aromatic heterocycles. The minimum Gasteiger partial charge on any atom is -0.394 e. The van der Waals surface area contributed by atoms with E-state index in [2.05, 4.69) is 0 Å². The van der Waals surface area contributed by atoms with Crippen molar-refractivity contribution in [1.29, 1.82) is 0 Å². The van der Waals surface area contributed by atoms with Crippen LogP contribution in [0.25, 0.3) is 0 Å². The first-order valence-corrected chi connectivity index (χ1v) is 5.05. The van der Waals surface area contributed by atoms with Crippen LogP contribution in [0.5, 0.6) is 0 Å². The third-order valence-corrected chi connectivity index (χ3v) is 2.49. The molecule has 0 aromatic rings. The number of nitrogens with zero attached hydrogens (tertiary/aromatic N) is 1. The summed E-state index contributed by atoms with van der Waals surface area (Å²) in [6.45, 7) is 5.03. The molecule has 1 rings (SSSR count). The summed E-state index contributed by atoms with van der Waals surface area (Å²) in [7, 11) is 0. The van der Waals surface area contributed by atoms with Crippen molar-refractivity contribution in [2.75, 3.05) is 13.2 Å². The van der Waals surface area contributed by atoms with Gasteiger partial charge in [-0.25, -0.2) is 0 Å². The summed E-state index contributed by atoms with van der Waals surface area (Å²) in [5.74, 6) is 0.610. The van der Waals surface area contributed by atoms with Crippen molar-refractivity contribution in [2.24, 2.45) is 5.92 Å². The monoisotopic (exact) mass is 185 g/mol. The molecule has 1 atom stereocenters. The second-order valence-electron chi connectivity index (χ2n) is 4.16. The van der Waals surface area contributed by atoms with Crippen LogP contribution in [-0.4, -0.2) is 35.1 Å². The van der Waals surface area contributed by atoms with Crippen molar-refractivity contribution >= 4 is 5.91 Å². The molecule has 13 heavy (non-hydrogen) atoms. The lowest BCUT2D eigenvalue weighted by atomic mass is 10.1. The number of carbonyl (C=O) groups is 1. The first-order chi connectivity index (χ1) is 6.15. The second kappa shape index (κ2) is 4.61. The van der Waals surface area contributed by atoms with Gasteiger partial charge < -0.3 is 10.0 Å². The molecule has 0 spiro atoms. The standard InChI is InChI=1S/C10H19NO2/c1-8(2)6-10(13)11-5-3-4-9(11)7-12/h8-9,12H,3-7H2,1-2H3/t9-/m0/s1. The molecule has 0 aromatic carbocycles. The van der Waals surface area contributed by atoms with E-state index in [1.165, 1.54) is 0 Å². The summed E-state index contributed by atoms with van der Waals surface area (Å²) in [6, 6.07) is 0.0891. The molecule has 3 nitrogen and oxygen atoms in total. The normalized spacial score (nSPS) is 22.8. The van der Waals surface area contributed by atoms with Crippen molar-refractivity contribution in [3.63, 3.8) is 0 Å². The van der Waals surface area contributed by atoms with E-state index in [1.54, 1.807) is 0 Å². The molecule has 1 saturated heterocycles. The van der Waals surface area contributed by atoms with E-state index in [-0.39, 0.29) is 18.6 Å². The van der Waals surface area contributed by atoms with E-state index in [4.69, 9.17) is 5.11 Å². The van der Waals surface area contributed by atoms with Crippen LogP contribution in [-0.2, 0) is 4.79 Å². The highest BCUT2D eigenvalue weighted by atomic mass is 16.3. The lowest BCUT2D eigenvalue weighted by Crippen LogP contribution is -2.38. The topological polar surface area (TPSA) is 40.5 Å². The maximum Gasteiger partial charge on any atom is 0.223 e. The quantitative estimate of drug-likeness (QED) is 0.713. The fraction of sp³-hybridized carbons (Fsp3) is 0.900. The van der Waals surface area contributed by atoms with Gasteiger partial charge in [0.15, 0.2) is 0 Å². The molecule has 0 aliphatic carbocycles. The molecule has 76 valence electrons. The fourth-order valence-electron chi connectivity index (χ4n) is 1.82. The van der Waals surface area contributed by atoms with Gasteiger partial charge in [-0.3, -0.25) is 4.79 Å². The van der Waals surface area contributed by atoms with Gasteiger partial charge in [0.2, 0.25) is 5.91 Å². The van der Waals surface area contributed by atoms with Crippen molar-refractivity contribution in [1.82, 2.24) is 4.90 Å². The van der Waals surface area contributed by atoms with Gasteiger partial charge in [-0.1, -0.05) is 13.8 Å². The Kier molecular flexibility index (Phi) is 3.72. The minimum absolute atomic E-state index is 0.0891. The van der Waals surface area contributed by atoms with Crippen LogP contribution in [0, 0.1) is 5.92 Å². The zero-order valence-corrected chi connectivity index (χ0v) is 8.49. The highest BCUT2D eigenvalue weighted by molar-refractivity contribution is 5.77. The number of amides is 1. The Morgan fingerprint density at radius 3 is 2.85 bits per heavy atom. The molecule has 0 radical (unpaired) electrons. The van der Waals surface area contributed by atoms with Crippen molar-refractivity contribution in [3.05, 3.63) is 0 Å². The average Bonchev–Trinajstić information content (AvgIpc) is 2.49. The molecule has 0 saturated carbocycles. The number of aliphatic hydroxyl groups excluding tert-OH is 1. The molecule has 3 heteroatoms. The SMILES string of the molecule is CC(C)CC(=O)N1CCC[C@H]1CO. The van der Waals surface area contributed by atoms with E-state index in [1.807, 2.05) is 18.7 Å². The van der Waals surface area contributed by atoms with Crippen molar-refractivity contribution in [2.45, 2.75) is 39.2 Å². The predicted molar refractivity (Wildman–Crippen MR) is 51.3 cm³/mol. The highest BCUT2D eigenvalue weighted by Gasteiger charge is 2.27. The molecule has 1 fully saturated rings. The summed E-state index contributed by atoms with van der Waals surface area (Å²) in [5, 5.41) is 9.03. The third-order valence-electron chi connectivity index (χ3n) is 2.49. The van der Waals surface area contributed by atoms with Gasteiger partial charge >= 0.3 is 0 Å². The van der Waals surface area contributed by atoms with Crippen LogP contribution >= 0.6 is 0 Å². The average molecular weight is 185 g/mol.